The van der Waals surface area contributed by atoms with Crippen molar-refractivity contribution in [1.29, 1.82) is 0 Å². The smallest absolute Gasteiger partial charge is 0.337 e. The minimum absolute atomic E-state index is 0.00301. The summed E-state index contributed by atoms with van der Waals surface area (Å²) in [6.45, 7) is 3.96. The second kappa shape index (κ2) is 9.08. The second-order valence-electron chi connectivity index (χ2n) is 8.03. The molecule has 4 rings (SSSR count). The minimum atomic E-state index is -4.78. The summed E-state index contributed by atoms with van der Waals surface area (Å²) >= 11 is 0. The molecule has 1 atom stereocenters. The number of alkyl halides is 3. The first-order valence-electron chi connectivity index (χ1n) is 10.5. The molecule has 1 saturated heterocycles. The molecule has 12 heteroatoms. The summed E-state index contributed by atoms with van der Waals surface area (Å²) in [6, 6.07) is 8.40. The second-order valence-corrected chi connectivity index (χ2v) is 9.94. The molecule has 0 saturated carbocycles. The van der Waals surface area contributed by atoms with Crippen LogP contribution in [0.4, 0.5) is 17.6 Å². The zero-order chi connectivity index (χ0) is 24.7. The molecule has 0 N–H and O–H groups in total. The highest BCUT2D eigenvalue weighted by atomic mass is 32.2. The van der Waals surface area contributed by atoms with Crippen molar-refractivity contribution < 1.29 is 30.5 Å². The standard InChI is InChI=1S/C22H22F4N4O3S/c1-14-7-8-16(13-18(14)23)20-27-21(33-28-20)15(2)29-9-11-30(12-10-29)34(31,32)19-6-4-3-5-17(19)22(24,25)26/h3-8,13,15H,9-12H2,1-2H3. The lowest BCUT2D eigenvalue weighted by molar-refractivity contribution is -0.139. The fraction of sp³-hybridized carbons (Fsp3) is 0.364. The van der Waals surface area contributed by atoms with Crippen LogP contribution in [0.25, 0.3) is 11.4 Å². The third-order valence-corrected chi connectivity index (χ3v) is 7.82. The summed E-state index contributed by atoms with van der Waals surface area (Å²) in [5, 5.41) is 3.91. The maximum Gasteiger partial charge on any atom is 0.417 e. The van der Waals surface area contributed by atoms with E-state index in [-0.39, 0.29) is 49.8 Å². The summed E-state index contributed by atoms with van der Waals surface area (Å²) in [4.78, 5) is 5.48. The number of sulfonamides is 1. The highest BCUT2D eigenvalue weighted by Crippen LogP contribution is 2.35. The molecule has 0 spiro atoms. The Morgan fingerprint density at radius 3 is 2.38 bits per heavy atom. The van der Waals surface area contributed by atoms with E-state index in [9.17, 15) is 26.0 Å². The highest BCUT2D eigenvalue weighted by Gasteiger charge is 2.40. The van der Waals surface area contributed by atoms with Crippen molar-refractivity contribution >= 4 is 10.0 Å². The number of hydrogen-bond acceptors (Lipinski definition) is 6. The van der Waals surface area contributed by atoms with Crippen LogP contribution in [0.2, 0.25) is 0 Å². The van der Waals surface area contributed by atoms with Crippen molar-refractivity contribution in [3.8, 4) is 11.4 Å². The lowest BCUT2D eigenvalue weighted by Gasteiger charge is -2.36. The summed E-state index contributed by atoms with van der Waals surface area (Å²) < 4.78 is 86.1. The van der Waals surface area contributed by atoms with Gasteiger partial charge in [-0.05, 0) is 37.6 Å². The van der Waals surface area contributed by atoms with Crippen LogP contribution in [-0.4, -0.2) is 53.9 Å². The number of halogens is 4. The van der Waals surface area contributed by atoms with Crippen LogP contribution in [0.15, 0.2) is 51.9 Å². The lowest BCUT2D eigenvalue weighted by atomic mass is 10.1. The number of aryl methyl sites for hydroxylation is 1. The van der Waals surface area contributed by atoms with Gasteiger partial charge in [0.2, 0.25) is 21.7 Å². The number of aromatic nitrogens is 2. The normalized spacial score (nSPS) is 17.1. The maximum atomic E-state index is 13.9. The number of benzene rings is 2. The predicted octanol–water partition coefficient (Wildman–Crippen LogP) is 4.27. The van der Waals surface area contributed by atoms with Crippen molar-refractivity contribution in [2.45, 2.75) is 31.0 Å². The zero-order valence-electron chi connectivity index (χ0n) is 18.4. The molecular weight excluding hydrogens is 476 g/mol. The number of piperazine rings is 1. The molecule has 0 bridgehead atoms. The molecule has 2 heterocycles. The number of hydrogen-bond donors (Lipinski definition) is 0. The largest absolute Gasteiger partial charge is 0.417 e. The molecule has 1 aliphatic rings. The van der Waals surface area contributed by atoms with Gasteiger partial charge in [-0.15, -0.1) is 0 Å². The molecule has 1 aliphatic heterocycles. The Balaban J connectivity index is 1.46. The Kier molecular flexibility index (Phi) is 6.49. The first-order chi connectivity index (χ1) is 16.0. The van der Waals surface area contributed by atoms with E-state index in [0.29, 0.717) is 11.1 Å². The van der Waals surface area contributed by atoms with Crippen LogP contribution >= 0.6 is 0 Å². The van der Waals surface area contributed by atoms with E-state index in [1.165, 1.54) is 12.1 Å². The monoisotopic (exact) mass is 498 g/mol. The van der Waals surface area contributed by atoms with Crippen molar-refractivity contribution in [1.82, 2.24) is 19.3 Å². The van der Waals surface area contributed by atoms with Gasteiger partial charge in [0.05, 0.1) is 16.5 Å². The van der Waals surface area contributed by atoms with E-state index in [0.717, 1.165) is 22.5 Å². The van der Waals surface area contributed by atoms with Gasteiger partial charge in [-0.3, -0.25) is 4.90 Å². The van der Waals surface area contributed by atoms with Gasteiger partial charge in [0.1, 0.15) is 5.82 Å². The Bertz CT molecular complexity index is 1290. The fourth-order valence-corrected chi connectivity index (χ4v) is 5.44. The minimum Gasteiger partial charge on any atom is -0.337 e. The Morgan fingerprint density at radius 2 is 1.74 bits per heavy atom. The van der Waals surface area contributed by atoms with E-state index in [2.05, 4.69) is 10.1 Å². The van der Waals surface area contributed by atoms with Crippen LogP contribution in [0.3, 0.4) is 0 Å². The molecule has 0 aliphatic carbocycles. The van der Waals surface area contributed by atoms with E-state index in [1.807, 2.05) is 4.90 Å². The third kappa shape index (κ3) is 4.70. The summed E-state index contributed by atoms with van der Waals surface area (Å²) in [6.07, 6.45) is -4.78. The summed E-state index contributed by atoms with van der Waals surface area (Å²) in [5.74, 6) is 0.113. The van der Waals surface area contributed by atoms with E-state index >= 15 is 0 Å². The molecule has 182 valence electrons. The van der Waals surface area contributed by atoms with Gasteiger partial charge in [-0.2, -0.15) is 22.5 Å². The first-order valence-corrected chi connectivity index (χ1v) is 11.9. The van der Waals surface area contributed by atoms with E-state index in [4.69, 9.17) is 4.52 Å². The summed E-state index contributed by atoms with van der Waals surface area (Å²) in [5.41, 5.74) is -0.229. The lowest BCUT2D eigenvalue weighted by Crippen LogP contribution is -2.49. The highest BCUT2D eigenvalue weighted by molar-refractivity contribution is 7.89. The van der Waals surface area contributed by atoms with Crippen LogP contribution in [-0.2, 0) is 16.2 Å². The van der Waals surface area contributed by atoms with Gasteiger partial charge < -0.3 is 4.52 Å². The summed E-state index contributed by atoms with van der Waals surface area (Å²) in [7, 11) is -4.33. The van der Waals surface area contributed by atoms with Gasteiger partial charge in [-0.25, -0.2) is 12.8 Å². The van der Waals surface area contributed by atoms with Crippen molar-refractivity contribution in [3.05, 3.63) is 65.3 Å². The number of rotatable bonds is 5. The Labute approximate surface area is 194 Å². The average molecular weight is 499 g/mol. The van der Waals surface area contributed by atoms with Gasteiger partial charge in [-0.1, -0.05) is 29.4 Å². The Hall–Kier alpha value is -2.83. The topological polar surface area (TPSA) is 79.5 Å². The number of nitrogens with zero attached hydrogens (tertiary/aromatic N) is 4. The van der Waals surface area contributed by atoms with Gasteiger partial charge in [0.25, 0.3) is 0 Å². The molecule has 34 heavy (non-hydrogen) atoms. The van der Waals surface area contributed by atoms with Gasteiger partial charge in [0, 0.05) is 31.7 Å². The molecule has 0 radical (unpaired) electrons. The van der Waals surface area contributed by atoms with Crippen LogP contribution in [0.1, 0.15) is 30.0 Å². The SMILES string of the molecule is Cc1ccc(-c2noc(C(C)N3CCN(S(=O)(=O)c4ccccc4C(F)(F)F)CC3)n2)cc1F. The Morgan fingerprint density at radius 1 is 1.06 bits per heavy atom. The van der Waals surface area contributed by atoms with Crippen molar-refractivity contribution in [2.24, 2.45) is 0 Å². The third-order valence-electron chi connectivity index (χ3n) is 5.86. The molecule has 3 aromatic rings. The molecular formula is C22H22F4N4O3S. The van der Waals surface area contributed by atoms with Crippen LogP contribution in [0, 0.1) is 12.7 Å². The van der Waals surface area contributed by atoms with Gasteiger partial charge in [0.15, 0.2) is 0 Å². The van der Waals surface area contributed by atoms with Crippen molar-refractivity contribution in [2.75, 3.05) is 26.2 Å². The quantitative estimate of drug-likeness (QED) is 0.489. The van der Waals surface area contributed by atoms with Crippen LogP contribution < -0.4 is 0 Å². The molecule has 1 aromatic heterocycles. The predicted molar refractivity (Wildman–Crippen MR) is 115 cm³/mol. The van der Waals surface area contributed by atoms with Crippen molar-refractivity contribution in [3.63, 3.8) is 0 Å². The first kappa shape index (κ1) is 24.3. The molecule has 7 nitrogen and oxygen atoms in total. The zero-order valence-corrected chi connectivity index (χ0v) is 19.2. The van der Waals surface area contributed by atoms with E-state index in [1.54, 1.807) is 26.0 Å². The molecule has 0 amide bonds. The van der Waals surface area contributed by atoms with Gasteiger partial charge >= 0.3 is 6.18 Å². The fourth-order valence-electron chi connectivity index (χ4n) is 3.81. The average Bonchev–Trinajstić information content (AvgIpc) is 3.30. The van der Waals surface area contributed by atoms with E-state index < -0.39 is 26.7 Å². The maximum absolute atomic E-state index is 13.9. The molecule has 2 aromatic carbocycles. The molecule has 1 fully saturated rings. The van der Waals surface area contributed by atoms with Crippen LogP contribution in [0.5, 0.6) is 0 Å². The molecule has 1 unspecified atom stereocenters.